The summed E-state index contributed by atoms with van der Waals surface area (Å²) in [6, 6.07) is 9.95. The average Bonchev–Trinajstić information content (AvgIpc) is 3.11. The van der Waals surface area contributed by atoms with Crippen LogP contribution in [0.2, 0.25) is 0 Å². The molecule has 1 aliphatic heterocycles. The lowest BCUT2D eigenvalue weighted by Crippen LogP contribution is -2.49. The van der Waals surface area contributed by atoms with E-state index in [1.165, 1.54) is 6.92 Å². The molecule has 15 heteroatoms. The summed E-state index contributed by atoms with van der Waals surface area (Å²) in [5.41, 5.74) is -3.15. The minimum atomic E-state index is -3.77. The molecule has 1 saturated heterocycles. The van der Waals surface area contributed by atoms with Crippen LogP contribution < -0.4 is 21.1 Å². The van der Waals surface area contributed by atoms with Crippen molar-refractivity contribution in [3.63, 3.8) is 0 Å². The Labute approximate surface area is 235 Å². The van der Waals surface area contributed by atoms with Crippen molar-refractivity contribution in [1.82, 2.24) is 14.6 Å². The largest absolute Gasteiger partial charge is 0.461 e. The summed E-state index contributed by atoms with van der Waals surface area (Å²) in [5, 5.41) is 14.0. The Morgan fingerprint density at radius 1 is 1.27 bits per heavy atom. The summed E-state index contributed by atoms with van der Waals surface area (Å²) in [4.78, 5) is 49.1. The van der Waals surface area contributed by atoms with Gasteiger partial charge in [0.15, 0.2) is 12.3 Å². The van der Waals surface area contributed by atoms with Crippen LogP contribution in [0.4, 0.5) is 0 Å². The first kappa shape index (κ1) is 31.5. The number of rotatable bonds is 12. The highest BCUT2D eigenvalue weighted by molar-refractivity contribution is 8.08. The van der Waals surface area contributed by atoms with Crippen molar-refractivity contribution in [2.24, 2.45) is 0 Å². The van der Waals surface area contributed by atoms with Gasteiger partial charge >= 0.3 is 17.6 Å². The fraction of sp³-hybridized carbons (Fsp3) is 0.480. The maximum absolute atomic E-state index is 12.4. The Hall–Kier alpha value is -3.00. The summed E-state index contributed by atoms with van der Waals surface area (Å²) in [6.45, 7) is 3.88. The van der Waals surface area contributed by atoms with E-state index in [2.05, 4.69) is 10.1 Å². The number of H-pyrrole nitrogens is 1. The van der Waals surface area contributed by atoms with E-state index in [4.69, 9.17) is 35.3 Å². The number of para-hydroxylation sites is 1. The maximum atomic E-state index is 12.4. The molecule has 0 spiro atoms. The Morgan fingerprint density at radius 2 is 1.95 bits per heavy atom. The molecule has 40 heavy (non-hydrogen) atoms. The van der Waals surface area contributed by atoms with Gasteiger partial charge in [-0.2, -0.15) is 0 Å². The van der Waals surface area contributed by atoms with Gasteiger partial charge in [0.1, 0.15) is 17.5 Å². The number of esters is 1. The molecule has 0 aliphatic carbocycles. The van der Waals surface area contributed by atoms with Gasteiger partial charge in [0, 0.05) is 18.7 Å². The Balaban J connectivity index is 1.82. The van der Waals surface area contributed by atoms with Crippen molar-refractivity contribution in [2.45, 2.75) is 71.2 Å². The number of aliphatic hydroxyl groups is 1. The minimum Gasteiger partial charge on any atom is -0.461 e. The van der Waals surface area contributed by atoms with E-state index in [0.29, 0.717) is 5.75 Å². The lowest BCUT2D eigenvalue weighted by Gasteiger charge is -2.30. The lowest BCUT2D eigenvalue weighted by atomic mass is 9.96. The summed E-state index contributed by atoms with van der Waals surface area (Å²) in [7, 11) is 0. The SMILES string of the molecule is CCC(=O)O[C@@H]1[C@@H](COP(O)(=S)NC(C)=C(Oc2ccccc2)OC(C)C)O[C@@H](n2ccc(=O)[nH]c2=O)[C@]1(C)O. The summed E-state index contributed by atoms with van der Waals surface area (Å²) >= 11 is 5.28. The van der Waals surface area contributed by atoms with Gasteiger partial charge in [-0.3, -0.25) is 19.1 Å². The number of aromatic nitrogens is 2. The molecule has 1 fully saturated rings. The first-order chi connectivity index (χ1) is 18.7. The zero-order valence-electron chi connectivity index (χ0n) is 22.7. The average molecular weight is 600 g/mol. The molecule has 13 nitrogen and oxygen atoms in total. The molecule has 1 aliphatic rings. The number of nitrogens with one attached hydrogen (secondary N) is 2. The van der Waals surface area contributed by atoms with Crippen molar-refractivity contribution in [3.05, 3.63) is 75.1 Å². The molecule has 3 rings (SSSR count). The predicted molar refractivity (Wildman–Crippen MR) is 148 cm³/mol. The molecule has 2 heterocycles. The molecule has 2 aromatic rings. The molecule has 0 saturated carbocycles. The van der Waals surface area contributed by atoms with Gasteiger partial charge in [0.25, 0.3) is 12.2 Å². The number of carbonyl (C=O) groups excluding carboxylic acids is 1. The van der Waals surface area contributed by atoms with Crippen molar-refractivity contribution >= 4 is 24.4 Å². The minimum absolute atomic E-state index is 0.00694. The number of hydrogen-bond acceptors (Lipinski definition) is 10. The Morgan fingerprint density at radius 3 is 2.55 bits per heavy atom. The summed E-state index contributed by atoms with van der Waals surface area (Å²) in [6.07, 6.45) is -2.93. The van der Waals surface area contributed by atoms with Crippen molar-refractivity contribution < 1.29 is 38.3 Å². The van der Waals surface area contributed by atoms with E-state index < -0.39 is 54.5 Å². The van der Waals surface area contributed by atoms with Crippen molar-refractivity contribution in [2.75, 3.05) is 6.61 Å². The third-order valence-corrected chi connectivity index (χ3v) is 7.40. The van der Waals surface area contributed by atoms with Gasteiger partial charge in [-0.25, -0.2) is 4.79 Å². The molecule has 5 atom stereocenters. The number of ether oxygens (including phenoxy) is 4. The standard InChI is InChI=1S/C25H34N3O10PS/c1-6-20(30)38-21-18(37-23(25(21,5)32)28-13-12-19(29)26-24(28)31)14-34-39(33,40)27-16(4)22(35-15(2)3)36-17-10-8-7-9-11-17/h7-13,15,18,21,23,32H,6,14H2,1-5H3,(H,26,29,31)(H2,27,33,40)/t18-,21-,23-,25-,39?/m1/s1. The molecule has 220 valence electrons. The van der Waals surface area contributed by atoms with Crippen LogP contribution in [0.5, 0.6) is 5.75 Å². The first-order valence-corrected chi connectivity index (χ1v) is 15.2. The second-order valence-corrected chi connectivity index (χ2v) is 12.5. The summed E-state index contributed by atoms with van der Waals surface area (Å²) in [5.74, 6) is -0.0697. The molecule has 0 amide bonds. The van der Waals surface area contributed by atoms with Crippen molar-refractivity contribution in [3.8, 4) is 5.75 Å². The fourth-order valence-corrected chi connectivity index (χ4v) is 5.38. The van der Waals surface area contributed by atoms with Gasteiger partial charge in [-0.05, 0) is 51.6 Å². The van der Waals surface area contributed by atoms with Crippen LogP contribution in [-0.4, -0.2) is 56.0 Å². The molecule has 4 N–H and O–H groups in total. The van der Waals surface area contributed by atoms with E-state index in [9.17, 15) is 24.4 Å². The van der Waals surface area contributed by atoms with Crippen LogP contribution in [0, 0.1) is 0 Å². The van der Waals surface area contributed by atoms with Crippen LogP contribution in [0.25, 0.3) is 0 Å². The Kier molecular flexibility index (Phi) is 10.3. The monoisotopic (exact) mass is 599 g/mol. The third-order valence-electron chi connectivity index (χ3n) is 5.69. The predicted octanol–water partition coefficient (Wildman–Crippen LogP) is 2.02. The van der Waals surface area contributed by atoms with Crippen LogP contribution in [0.3, 0.4) is 0 Å². The van der Waals surface area contributed by atoms with Gasteiger partial charge in [0.05, 0.1) is 18.4 Å². The highest BCUT2D eigenvalue weighted by Gasteiger charge is 2.56. The molecule has 1 unspecified atom stereocenters. The second-order valence-electron chi connectivity index (χ2n) is 9.46. The number of benzene rings is 1. The highest BCUT2D eigenvalue weighted by atomic mass is 32.5. The van der Waals surface area contributed by atoms with Gasteiger partial charge in [0.2, 0.25) is 0 Å². The van der Waals surface area contributed by atoms with E-state index in [-0.39, 0.29) is 24.2 Å². The zero-order valence-corrected chi connectivity index (χ0v) is 24.4. The molecule has 0 radical (unpaired) electrons. The number of aromatic amines is 1. The zero-order chi connectivity index (χ0) is 29.7. The topological polar surface area (TPSA) is 171 Å². The number of nitrogens with zero attached hydrogens (tertiary/aromatic N) is 1. The normalized spacial score (nSPS) is 24.6. The molecule has 0 bridgehead atoms. The number of hydrogen-bond donors (Lipinski definition) is 4. The third kappa shape index (κ3) is 8.03. The van der Waals surface area contributed by atoms with Crippen LogP contribution in [0.15, 0.2) is 63.8 Å². The van der Waals surface area contributed by atoms with E-state index >= 15 is 0 Å². The van der Waals surface area contributed by atoms with Crippen molar-refractivity contribution in [1.29, 1.82) is 0 Å². The number of allylic oxidation sites excluding steroid dienone is 1. The molecular weight excluding hydrogens is 565 g/mol. The van der Waals surface area contributed by atoms with Gasteiger partial charge < -0.3 is 38.6 Å². The van der Waals surface area contributed by atoms with Crippen LogP contribution in [0.1, 0.15) is 47.3 Å². The van der Waals surface area contributed by atoms with Gasteiger partial charge in [-0.1, -0.05) is 25.1 Å². The smallest absolute Gasteiger partial charge is 0.330 e. The first-order valence-electron chi connectivity index (χ1n) is 12.5. The van der Waals surface area contributed by atoms with E-state index in [1.54, 1.807) is 52.0 Å². The second kappa shape index (κ2) is 13.1. The van der Waals surface area contributed by atoms with E-state index in [1.807, 2.05) is 6.07 Å². The molecular formula is C25H34N3O10PS. The lowest BCUT2D eigenvalue weighted by molar-refractivity contribution is -0.163. The maximum Gasteiger partial charge on any atom is 0.330 e. The Bertz CT molecular complexity index is 1370. The fourth-order valence-electron chi connectivity index (χ4n) is 3.86. The molecule has 1 aromatic carbocycles. The molecule has 1 aromatic heterocycles. The van der Waals surface area contributed by atoms with E-state index in [0.717, 1.165) is 16.8 Å². The summed E-state index contributed by atoms with van der Waals surface area (Å²) < 4.78 is 29.5. The quantitative estimate of drug-likeness (QED) is 0.159. The highest BCUT2D eigenvalue weighted by Crippen LogP contribution is 2.44. The van der Waals surface area contributed by atoms with Crippen LogP contribution >= 0.6 is 6.64 Å². The number of carbonyl (C=O) groups is 1. The van der Waals surface area contributed by atoms with Crippen LogP contribution in [-0.2, 0) is 35.3 Å². The van der Waals surface area contributed by atoms with Gasteiger partial charge in [-0.15, -0.1) is 0 Å².